The summed E-state index contributed by atoms with van der Waals surface area (Å²) >= 11 is 0. The molecule has 2 aliphatic carbocycles. The van der Waals surface area contributed by atoms with Gasteiger partial charge in [0, 0.05) is 6.61 Å². The minimum Gasteiger partial charge on any atom is -0.379 e. The number of epoxide rings is 1. The summed E-state index contributed by atoms with van der Waals surface area (Å²) < 4.78 is 17.1. The third-order valence-corrected chi connectivity index (χ3v) is 6.78. The van der Waals surface area contributed by atoms with Gasteiger partial charge in [-0.3, -0.25) is 0 Å². The molecule has 134 valence electrons. The Labute approximate surface area is 142 Å². The van der Waals surface area contributed by atoms with E-state index < -0.39 is 0 Å². The van der Waals surface area contributed by atoms with Gasteiger partial charge in [0.15, 0.2) is 0 Å². The van der Waals surface area contributed by atoms with Crippen LogP contribution >= 0.6 is 0 Å². The Morgan fingerprint density at radius 1 is 0.826 bits per heavy atom. The summed E-state index contributed by atoms with van der Waals surface area (Å²) in [5, 5.41) is 0. The van der Waals surface area contributed by atoms with Crippen LogP contribution in [0.25, 0.3) is 0 Å². The molecule has 0 aromatic carbocycles. The molecular weight excluding hydrogens is 288 g/mol. The molecule has 0 aromatic rings. The zero-order valence-electron chi connectivity index (χ0n) is 15.4. The minimum atomic E-state index is 0.407. The Hall–Kier alpha value is -0.120. The first-order valence-electron chi connectivity index (χ1n) is 9.94. The second-order valence-electron chi connectivity index (χ2n) is 8.51. The van der Waals surface area contributed by atoms with E-state index in [1.807, 2.05) is 0 Å². The Bertz CT molecular complexity index is 348. The van der Waals surface area contributed by atoms with Crippen molar-refractivity contribution in [3.8, 4) is 0 Å². The molecule has 3 heteroatoms. The van der Waals surface area contributed by atoms with Crippen LogP contribution in [0.3, 0.4) is 0 Å². The van der Waals surface area contributed by atoms with Crippen molar-refractivity contribution < 1.29 is 14.2 Å². The van der Waals surface area contributed by atoms with Crippen LogP contribution in [0.15, 0.2) is 0 Å². The molecule has 23 heavy (non-hydrogen) atoms. The molecule has 1 heterocycles. The zero-order chi connectivity index (χ0) is 16.3. The summed E-state index contributed by atoms with van der Waals surface area (Å²) in [6, 6.07) is 0. The van der Waals surface area contributed by atoms with Crippen LogP contribution in [0, 0.1) is 17.3 Å². The SMILES string of the molecule is CCOC1CCC(C(C)(C)C2CCC(OCC3CO3)CC2)CC1. The fourth-order valence-corrected chi connectivity index (χ4v) is 4.92. The van der Waals surface area contributed by atoms with Crippen molar-refractivity contribution in [2.45, 2.75) is 90.4 Å². The molecule has 0 amide bonds. The Morgan fingerprint density at radius 3 is 1.74 bits per heavy atom. The highest BCUT2D eigenvalue weighted by molar-refractivity contribution is 4.91. The summed E-state index contributed by atoms with van der Waals surface area (Å²) in [4.78, 5) is 0. The van der Waals surface area contributed by atoms with Crippen LogP contribution < -0.4 is 0 Å². The lowest BCUT2D eigenvalue weighted by Gasteiger charge is -2.46. The third kappa shape index (κ3) is 4.70. The maximum absolute atomic E-state index is 6.01. The van der Waals surface area contributed by atoms with Crippen LogP contribution in [-0.4, -0.2) is 38.1 Å². The fraction of sp³-hybridized carbons (Fsp3) is 1.00. The molecule has 0 N–H and O–H groups in total. The molecule has 3 fully saturated rings. The van der Waals surface area contributed by atoms with Gasteiger partial charge in [0.05, 0.1) is 25.4 Å². The van der Waals surface area contributed by atoms with Gasteiger partial charge >= 0.3 is 0 Å². The lowest BCUT2D eigenvalue weighted by atomic mass is 9.60. The number of hydrogen-bond acceptors (Lipinski definition) is 3. The van der Waals surface area contributed by atoms with Crippen LogP contribution in [0.4, 0.5) is 0 Å². The van der Waals surface area contributed by atoms with Gasteiger partial charge in [-0.25, -0.2) is 0 Å². The molecule has 1 saturated heterocycles. The number of ether oxygens (including phenoxy) is 3. The van der Waals surface area contributed by atoms with E-state index in [0.717, 1.165) is 31.7 Å². The first-order valence-corrected chi connectivity index (χ1v) is 9.94. The Morgan fingerprint density at radius 2 is 1.30 bits per heavy atom. The summed E-state index contributed by atoms with van der Waals surface area (Å²) in [6.07, 6.45) is 11.8. The molecule has 1 unspecified atom stereocenters. The second-order valence-corrected chi connectivity index (χ2v) is 8.51. The predicted molar refractivity (Wildman–Crippen MR) is 92.6 cm³/mol. The number of hydrogen-bond donors (Lipinski definition) is 0. The van der Waals surface area contributed by atoms with Crippen molar-refractivity contribution in [1.82, 2.24) is 0 Å². The zero-order valence-corrected chi connectivity index (χ0v) is 15.4. The molecule has 3 rings (SSSR count). The normalized spacial score (nSPS) is 38.5. The lowest BCUT2D eigenvalue weighted by Crippen LogP contribution is -2.39. The van der Waals surface area contributed by atoms with Crippen molar-refractivity contribution in [3.05, 3.63) is 0 Å². The van der Waals surface area contributed by atoms with Crippen molar-refractivity contribution in [2.75, 3.05) is 19.8 Å². The lowest BCUT2D eigenvalue weighted by molar-refractivity contribution is -0.0353. The summed E-state index contributed by atoms with van der Waals surface area (Å²) in [6.45, 7) is 9.78. The van der Waals surface area contributed by atoms with Crippen LogP contribution in [-0.2, 0) is 14.2 Å². The maximum atomic E-state index is 6.01. The van der Waals surface area contributed by atoms with Gasteiger partial charge in [-0.2, -0.15) is 0 Å². The van der Waals surface area contributed by atoms with Gasteiger partial charge in [-0.15, -0.1) is 0 Å². The van der Waals surface area contributed by atoms with E-state index in [1.54, 1.807) is 0 Å². The molecule has 3 aliphatic rings. The molecule has 1 atom stereocenters. The van der Waals surface area contributed by atoms with Crippen molar-refractivity contribution in [2.24, 2.45) is 17.3 Å². The largest absolute Gasteiger partial charge is 0.379 e. The van der Waals surface area contributed by atoms with E-state index in [-0.39, 0.29) is 0 Å². The van der Waals surface area contributed by atoms with Gasteiger partial charge < -0.3 is 14.2 Å². The van der Waals surface area contributed by atoms with E-state index in [4.69, 9.17) is 14.2 Å². The Balaban J connectivity index is 1.42. The van der Waals surface area contributed by atoms with Crippen LogP contribution in [0.1, 0.15) is 72.1 Å². The van der Waals surface area contributed by atoms with Gasteiger partial charge in [0.2, 0.25) is 0 Å². The molecule has 0 aromatic heterocycles. The molecule has 0 spiro atoms. The van der Waals surface area contributed by atoms with Gasteiger partial charge in [0.1, 0.15) is 6.10 Å². The Kier molecular flexibility index (Phi) is 6.03. The fourth-order valence-electron chi connectivity index (χ4n) is 4.92. The van der Waals surface area contributed by atoms with E-state index >= 15 is 0 Å². The quantitative estimate of drug-likeness (QED) is 0.642. The molecule has 0 bridgehead atoms. The smallest absolute Gasteiger partial charge is 0.104 e. The van der Waals surface area contributed by atoms with Gasteiger partial charge in [-0.05, 0) is 75.5 Å². The summed E-state index contributed by atoms with van der Waals surface area (Å²) in [7, 11) is 0. The van der Waals surface area contributed by atoms with Crippen molar-refractivity contribution >= 4 is 0 Å². The first kappa shape index (κ1) is 17.7. The van der Waals surface area contributed by atoms with Crippen LogP contribution in [0.2, 0.25) is 0 Å². The van der Waals surface area contributed by atoms with Crippen LogP contribution in [0.5, 0.6) is 0 Å². The molecule has 1 aliphatic heterocycles. The molecule has 2 saturated carbocycles. The highest BCUT2D eigenvalue weighted by atomic mass is 16.6. The monoisotopic (exact) mass is 324 g/mol. The summed E-state index contributed by atoms with van der Waals surface area (Å²) in [5.41, 5.74) is 0.474. The molecular formula is C20H36O3. The van der Waals surface area contributed by atoms with Crippen molar-refractivity contribution in [1.29, 1.82) is 0 Å². The maximum Gasteiger partial charge on any atom is 0.104 e. The standard InChI is InChI=1S/C20H36O3/c1-4-21-17-9-5-15(6-10-17)20(2,3)16-7-11-18(12-8-16)22-13-19-14-23-19/h15-19H,4-14H2,1-3H3. The van der Waals surface area contributed by atoms with Crippen molar-refractivity contribution in [3.63, 3.8) is 0 Å². The average molecular weight is 325 g/mol. The first-order chi connectivity index (χ1) is 11.1. The summed E-state index contributed by atoms with van der Waals surface area (Å²) in [5.74, 6) is 1.75. The highest BCUT2D eigenvalue weighted by Crippen LogP contribution is 2.48. The number of rotatable bonds is 7. The third-order valence-electron chi connectivity index (χ3n) is 6.78. The molecule has 0 radical (unpaired) electrons. The average Bonchev–Trinajstić information content (AvgIpc) is 3.39. The van der Waals surface area contributed by atoms with E-state index in [0.29, 0.717) is 23.7 Å². The van der Waals surface area contributed by atoms with E-state index in [2.05, 4.69) is 20.8 Å². The highest BCUT2D eigenvalue weighted by Gasteiger charge is 2.40. The minimum absolute atomic E-state index is 0.407. The molecule has 3 nitrogen and oxygen atoms in total. The van der Waals surface area contributed by atoms with Gasteiger partial charge in [0.25, 0.3) is 0 Å². The van der Waals surface area contributed by atoms with E-state index in [9.17, 15) is 0 Å². The second kappa shape index (κ2) is 7.84. The van der Waals surface area contributed by atoms with Gasteiger partial charge in [-0.1, -0.05) is 13.8 Å². The predicted octanol–water partition coefficient (Wildman–Crippen LogP) is 4.58. The van der Waals surface area contributed by atoms with E-state index in [1.165, 1.54) is 51.4 Å². The topological polar surface area (TPSA) is 31.0 Å².